The van der Waals surface area contributed by atoms with Crippen molar-refractivity contribution in [3.63, 3.8) is 0 Å². The molecule has 12 heteroatoms. The number of halogens is 3. The van der Waals surface area contributed by atoms with Crippen LogP contribution in [0, 0.1) is 5.92 Å². The van der Waals surface area contributed by atoms with E-state index >= 15 is 0 Å². The van der Waals surface area contributed by atoms with Gasteiger partial charge in [-0.2, -0.15) is 0 Å². The number of imidazole rings is 1. The van der Waals surface area contributed by atoms with Crippen LogP contribution in [0.25, 0.3) is 11.0 Å². The van der Waals surface area contributed by atoms with E-state index in [1.54, 1.807) is 17.0 Å². The summed E-state index contributed by atoms with van der Waals surface area (Å²) in [6.07, 6.45) is -2.88. The molecule has 0 radical (unpaired) electrons. The summed E-state index contributed by atoms with van der Waals surface area (Å²) in [6.45, 7) is 7.05. The molecule has 9 nitrogen and oxygen atoms in total. The van der Waals surface area contributed by atoms with Gasteiger partial charge in [0.15, 0.2) is 0 Å². The molecule has 1 atom stereocenters. The maximum Gasteiger partial charge on any atom is 0.573 e. The summed E-state index contributed by atoms with van der Waals surface area (Å²) in [5.74, 6) is 0.329. The van der Waals surface area contributed by atoms with Gasteiger partial charge in [-0.25, -0.2) is 14.6 Å². The summed E-state index contributed by atoms with van der Waals surface area (Å²) >= 11 is 0. The number of rotatable bonds is 6. The van der Waals surface area contributed by atoms with E-state index < -0.39 is 17.7 Å². The fourth-order valence-electron chi connectivity index (χ4n) is 4.08. The zero-order chi connectivity index (χ0) is 26.1. The van der Waals surface area contributed by atoms with Crippen molar-refractivity contribution >= 4 is 22.9 Å². The highest BCUT2D eigenvalue weighted by Gasteiger charge is 2.32. The van der Waals surface area contributed by atoms with E-state index in [0.29, 0.717) is 36.5 Å². The highest BCUT2D eigenvalue weighted by Crippen LogP contribution is 2.27. The van der Waals surface area contributed by atoms with E-state index in [2.05, 4.69) is 20.0 Å². The lowest BCUT2D eigenvalue weighted by Gasteiger charge is -2.24. The molecule has 36 heavy (non-hydrogen) atoms. The number of nitrogens with one attached hydrogen (secondary N) is 2. The third kappa shape index (κ3) is 6.29. The fraction of sp³-hybridized carbons (Fsp3) is 0.458. The summed E-state index contributed by atoms with van der Waals surface area (Å²) in [7, 11) is 0. The van der Waals surface area contributed by atoms with Crippen LogP contribution in [0.4, 0.5) is 23.8 Å². The number of likely N-dealkylation sites (tertiary alicyclic amines) is 1. The van der Waals surface area contributed by atoms with Gasteiger partial charge in [-0.3, -0.25) is 4.57 Å². The molecule has 1 aromatic carbocycles. The Kier molecular flexibility index (Phi) is 6.87. The Bertz CT molecular complexity index is 1300. The number of benzene rings is 1. The van der Waals surface area contributed by atoms with Gasteiger partial charge in [-0.15, -0.1) is 13.2 Å². The van der Waals surface area contributed by atoms with Crippen molar-refractivity contribution in [2.75, 3.05) is 25.0 Å². The zero-order valence-corrected chi connectivity index (χ0v) is 20.2. The van der Waals surface area contributed by atoms with E-state index in [4.69, 9.17) is 4.74 Å². The van der Waals surface area contributed by atoms with Crippen LogP contribution in [0.2, 0.25) is 0 Å². The Morgan fingerprint density at radius 1 is 1.25 bits per heavy atom. The Balaban J connectivity index is 1.46. The normalized spacial score (nSPS) is 16.4. The molecule has 0 saturated carbocycles. The van der Waals surface area contributed by atoms with Crippen molar-refractivity contribution in [1.29, 1.82) is 0 Å². The third-order valence-corrected chi connectivity index (χ3v) is 5.70. The number of fused-ring (bicyclic) bond motifs is 1. The van der Waals surface area contributed by atoms with Crippen LogP contribution in [0.15, 0.2) is 41.3 Å². The van der Waals surface area contributed by atoms with Crippen molar-refractivity contribution in [1.82, 2.24) is 19.4 Å². The molecular formula is C24H28F3N5O4. The smallest absolute Gasteiger partial charge is 0.444 e. The van der Waals surface area contributed by atoms with Crippen LogP contribution in [-0.4, -0.2) is 57.1 Å². The first kappa shape index (κ1) is 25.4. The van der Waals surface area contributed by atoms with Gasteiger partial charge >= 0.3 is 18.1 Å². The third-order valence-electron chi connectivity index (χ3n) is 5.70. The molecule has 1 fully saturated rings. The van der Waals surface area contributed by atoms with Gasteiger partial charge in [0.2, 0.25) is 0 Å². The number of aromatic nitrogens is 3. The average Bonchev–Trinajstić information content (AvgIpc) is 3.36. The summed E-state index contributed by atoms with van der Waals surface area (Å²) in [6, 6.07) is 7.36. The number of hydrogen-bond acceptors (Lipinski definition) is 6. The predicted molar refractivity (Wildman–Crippen MR) is 127 cm³/mol. The molecule has 0 spiro atoms. The zero-order valence-electron chi connectivity index (χ0n) is 20.2. The van der Waals surface area contributed by atoms with Gasteiger partial charge < -0.3 is 24.7 Å². The number of anilines is 1. The number of hydrogen-bond donors (Lipinski definition) is 2. The van der Waals surface area contributed by atoms with Gasteiger partial charge in [0.25, 0.3) is 0 Å². The first-order valence-corrected chi connectivity index (χ1v) is 11.5. The van der Waals surface area contributed by atoms with E-state index in [1.807, 2.05) is 20.8 Å². The summed E-state index contributed by atoms with van der Waals surface area (Å²) in [4.78, 5) is 33.5. The number of ether oxygens (including phenoxy) is 2. The molecule has 194 valence electrons. The molecule has 1 aliphatic rings. The monoisotopic (exact) mass is 507 g/mol. The van der Waals surface area contributed by atoms with Crippen molar-refractivity contribution in [3.8, 4) is 5.75 Å². The molecule has 1 amide bonds. The lowest BCUT2D eigenvalue weighted by molar-refractivity contribution is -0.274. The largest absolute Gasteiger partial charge is 0.573 e. The summed E-state index contributed by atoms with van der Waals surface area (Å²) < 4.78 is 49.3. The van der Waals surface area contributed by atoms with Crippen LogP contribution >= 0.6 is 0 Å². The first-order chi connectivity index (χ1) is 16.9. The van der Waals surface area contributed by atoms with Crippen molar-refractivity contribution in [2.45, 2.75) is 45.7 Å². The maximum atomic E-state index is 12.8. The number of aromatic amines is 1. The van der Waals surface area contributed by atoms with Gasteiger partial charge in [0.05, 0.1) is 23.8 Å². The molecule has 0 unspecified atom stereocenters. The quantitative estimate of drug-likeness (QED) is 0.515. The van der Waals surface area contributed by atoms with Gasteiger partial charge in [0, 0.05) is 31.3 Å². The van der Waals surface area contributed by atoms with Crippen LogP contribution in [0.3, 0.4) is 0 Å². The molecule has 2 aromatic heterocycles. The van der Waals surface area contributed by atoms with Gasteiger partial charge in [-0.1, -0.05) is 18.2 Å². The van der Waals surface area contributed by atoms with E-state index in [9.17, 15) is 22.8 Å². The minimum absolute atomic E-state index is 0.123. The number of amides is 1. The molecule has 0 aliphatic carbocycles. The second kappa shape index (κ2) is 9.75. The number of nitrogens with zero attached hydrogens (tertiary/aromatic N) is 3. The Labute approximate surface area is 205 Å². The average molecular weight is 508 g/mol. The number of H-pyrrole nitrogens is 1. The van der Waals surface area contributed by atoms with Crippen LogP contribution in [0.5, 0.6) is 5.75 Å². The molecule has 4 rings (SSSR count). The van der Waals surface area contributed by atoms with Crippen LogP contribution in [-0.2, 0) is 11.3 Å². The number of alkyl halides is 3. The second-order valence-corrected chi connectivity index (χ2v) is 9.72. The number of pyridine rings is 1. The summed E-state index contributed by atoms with van der Waals surface area (Å²) in [5.41, 5.74) is 0.114. The molecule has 0 bridgehead atoms. The Hall–Kier alpha value is -3.70. The fourth-order valence-corrected chi connectivity index (χ4v) is 4.08. The Morgan fingerprint density at radius 2 is 2.00 bits per heavy atom. The second-order valence-electron chi connectivity index (χ2n) is 9.72. The highest BCUT2D eigenvalue weighted by atomic mass is 19.4. The lowest BCUT2D eigenvalue weighted by Crippen LogP contribution is -2.35. The predicted octanol–water partition coefficient (Wildman–Crippen LogP) is 4.34. The van der Waals surface area contributed by atoms with E-state index in [-0.39, 0.29) is 29.9 Å². The highest BCUT2D eigenvalue weighted by molar-refractivity contribution is 5.77. The topological polar surface area (TPSA) is 101 Å². The SMILES string of the molecule is CC(C)(C)OC(=O)N1CC[C@@H](CNc2cc3c(cn2)[nH]c(=O)n3Cc2ccccc2OC(F)(F)F)C1. The maximum absolute atomic E-state index is 12.8. The lowest BCUT2D eigenvalue weighted by atomic mass is 10.1. The van der Waals surface area contributed by atoms with Crippen LogP contribution < -0.4 is 15.7 Å². The number of carbonyl (C=O) groups excluding carboxylic acids is 1. The molecule has 3 aromatic rings. The number of para-hydroxylation sites is 1. The molecular weight excluding hydrogens is 479 g/mol. The van der Waals surface area contributed by atoms with E-state index in [0.717, 1.165) is 6.42 Å². The van der Waals surface area contributed by atoms with Crippen molar-refractivity contribution < 1.29 is 27.4 Å². The van der Waals surface area contributed by atoms with Crippen LogP contribution in [0.1, 0.15) is 32.8 Å². The van der Waals surface area contributed by atoms with E-state index in [1.165, 1.54) is 29.0 Å². The summed E-state index contributed by atoms with van der Waals surface area (Å²) in [5, 5.41) is 3.24. The number of carbonyl (C=O) groups is 1. The molecule has 3 heterocycles. The molecule has 2 N–H and O–H groups in total. The van der Waals surface area contributed by atoms with Gasteiger partial charge in [-0.05, 0) is 39.2 Å². The standard InChI is InChI=1S/C24H28F3N5O4/c1-23(2,3)36-22(34)31-9-8-15(13-31)11-28-20-10-18-17(12-29-20)30-21(33)32(18)14-16-6-4-5-7-19(16)35-24(25,26)27/h4-7,10,12,15H,8-9,11,13-14H2,1-3H3,(H,28,29)(H,30,33)/t15-/m0/s1. The van der Waals surface area contributed by atoms with Gasteiger partial charge in [0.1, 0.15) is 17.2 Å². The Morgan fingerprint density at radius 3 is 2.72 bits per heavy atom. The minimum Gasteiger partial charge on any atom is -0.444 e. The van der Waals surface area contributed by atoms with Crippen molar-refractivity contribution in [2.24, 2.45) is 5.92 Å². The first-order valence-electron chi connectivity index (χ1n) is 11.5. The minimum atomic E-state index is -4.85. The molecule has 1 saturated heterocycles. The van der Waals surface area contributed by atoms with Crippen molar-refractivity contribution in [3.05, 3.63) is 52.6 Å². The molecule has 1 aliphatic heterocycles.